The zero-order valence-corrected chi connectivity index (χ0v) is 11.6. The Morgan fingerprint density at radius 2 is 2.11 bits per heavy atom. The molecule has 2 heteroatoms. The summed E-state index contributed by atoms with van der Waals surface area (Å²) in [6.07, 6.45) is 4.84. The lowest BCUT2D eigenvalue weighted by molar-refractivity contribution is 0.156. The van der Waals surface area contributed by atoms with Gasteiger partial charge >= 0.3 is 0 Å². The van der Waals surface area contributed by atoms with E-state index in [0.717, 1.165) is 24.8 Å². The Labute approximate surface area is 114 Å². The standard InChI is InChI=1S/C17H21NO/c1-12(2)13-5-3-6-14(11-13)18-10-9-15-16(18)7-4-8-17(15)19/h3,5-6,9-12,17,19H,4,7-8H2,1-2H3. The van der Waals surface area contributed by atoms with Crippen molar-refractivity contribution in [2.75, 3.05) is 0 Å². The van der Waals surface area contributed by atoms with Gasteiger partial charge in [0.15, 0.2) is 0 Å². The number of aliphatic hydroxyl groups excluding tert-OH is 1. The van der Waals surface area contributed by atoms with Crippen LogP contribution in [0.1, 0.15) is 55.5 Å². The molecule has 1 N–H and O–H groups in total. The summed E-state index contributed by atoms with van der Waals surface area (Å²) < 4.78 is 2.24. The smallest absolute Gasteiger partial charge is 0.0807 e. The first-order chi connectivity index (χ1) is 9.16. The van der Waals surface area contributed by atoms with Gasteiger partial charge in [-0.05, 0) is 48.9 Å². The fourth-order valence-corrected chi connectivity index (χ4v) is 2.94. The van der Waals surface area contributed by atoms with Gasteiger partial charge in [-0.25, -0.2) is 0 Å². The SMILES string of the molecule is CC(C)c1cccc(-n2ccc3c2CCCC3O)c1. The molecule has 1 aromatic heterocycles. The third kappa shape index (κ3) is 2.21. The Hall–Kier alpha value is -1.54. The Morgan fingerprint density at radius 1 is 1.26 bits per heavy atom. The Kier molecular flexibility index (Phi) is 3.19. The van der Waals surface area contributed by atoms with Gasteiger partial charge in [-0.2, -0.15) is 0 Å². The van der Waals surface area contributed by atoms with Crippen molar-refractivity contribution in [2.24, 2.45) is 0 Å². The van der Waals surface area contributed by atoms with Crippen molar-refractivity contribution in [1.82, 2.24) is 4.57 Å². The van der Waals surface area contributed by atoms with Gasteiger partial charge in [0.2, 0.25) is 0 Å². The second-order valence-corrected chi connectivity index (χ2v) is 5.75. The van der Waals surface area contributed by atoms with E-state index in [2.05, 4.69) is 54.9 Å². The number of aromatic nitrogens is 1. The molecule has 1 aliphatic carbocycles. The second-order valence-electron chi connectivity index (χ2n) is 5.75. The largest absolute Gasteiger partial charge is 0.388 e. The van der Waals surface area contributed by atoms with E-state index in [4.69, 9.17) is 0 Å². The van der Waals surface area contributed by atoms with E-state index < -0.39 is 0 Å². The first-order valence-electron chi connectivity index (χ1n) is 7.15. The lowest BCUT2D eigenvalue weighted by Crippen LogP contribution is -2.11. The average Bonchev–Trinajstić information content (AvgIpc) is 2.84. The van der Waals surface area contributed by atoms with Crippen LogP contribution in [0.15, 0.2) is 36.5 Å². The van der Waals surface area contributed by atoms with Crippen LogP contribution in [-0.2, 0) is 6.42 Å². The maximum atomic E-state index is 10.1. The van der Waals surface area contributed by atoms with Crippen molar-refractivity contribution >= 4 is 0 Å². The number of fused-ring (bicyclic) bond motifs is 1. The minimum atomic E-state index is -0.279. The molecular weight excluding hydrogens is 234 g/mol. The molecule has 19 heavy (non-hydrogen) atoms. The van der Waals surface area contributed by atoms with Crippen molar-refractivity contribution in [2.45, 2.75) is 45.1 Å². The minimum absolute atomic E-state index is 0.279. The number of nitrogens with zero attached hydrogens (tertiary/aromatic N) is 1. The van der Waals surface area contributed by atoms with Gasteiger partial charge in [-0.3, -0.25) is 0 Å². The number of benzene rings is 1. The maximum absolute atomic E-state index is 10.1. The van der Waals surface area contributed by atoms with Gasteiger partial charge in [0.05, 0.1) is 6.10 Å². The lowest BCUT2D eigenvalue weighted by Gasteiger charge is -2.20. The molecule has 100 valence electrons. The molecule has 2 aromatic rings. The van der Waals surface area contributed by atoms with E-state index in [1.807, 2.05) is 0 Å². The highest BCUT2D eigenvalue weighted by atomic mass is 16.3. The molecule has 0 fully saturated rings. The van der Waals surface area contributed by atoms with E-state index in [-0.39, 0.29) is 6.10 Å². The Morgan fingerprint density at radius 3 is 2.89 bits per heavy atom. The zero-order chi connectivity index (χ0) is 13.4. The minimum Gasteiger partial charge on any atom is -0.388 e. The molecule has 0 aliphatic heterocycles. The Balaban J connectivity index is 2.05. The monoisotopic (exact) mass is 255 g/mol. The van der Waals surface area contributed by atoms with Crippen LogP contribution in [0.4, 0.5) is 0 Å². The highest BCUT2D eigenvalue weighted by Gasteiger charge is 2.21. The van der Waals surface area contributed by atoms with E-state index >= 15 is 0 Å². The summed E-state index contributed by atoms with van der Waals surface area (Å²) in [5, 5.41) is 10.1. The third-order valence-electron chi connectivity index (χ3n) is 4.09. The van der Waals surface area contributed by atoms with Crippen molar-refractivity contribution in [3.63, 3.8) is 0 Å². The van der Waals surface area contributed by atoms with Gasteiger partial charge in [-0.15, -0.1) is 0 Å². The van der Waals surface area contributed by atoms with Crippen LogP contribution in [0.5, 0.6) is 0 Å². The zero-order valence-electron chi connectivity index (χ0n) is 11.6. The number of hydrogen-bond acceptors (Lipinski definition) is 1. The van der Waals surface area contributed by atoms with E-state index in [9.17, 15) is 5.11 Å². The molecule has 1 atom stereocenters. The first kappa shape index (κ1) is 12.5. The highest BCUT2D eigenvalue weighted by molar-refractivity contribution is 5.42. The highest BCUT2D eigenvalue weighted by Crippen LogP contribution is 2.32. The summed E-state index contributed by atoms with van der Waals surface area (Å²) in [4.78, 5) is 0. The summed E-state index contributed by atoms with van der Waals surface area (Å²) in [5.74, 6) is 0.539. The van der Waals surface area contributed by atoms with E-state index in [1.54, 1.807) is 0 Å². The summed E-state index contributed by atoms with van der Waals surface area (Å²) in [5.41, 5.74) is 4.96. The quantitative estimate of drug-likeness (QED) is 0.863. The molecule has 0 saturated carbocycles. The molecule has 2 nitrogen and oxygen atoms in total. The summed E-state index contributed by atoms with van der Waals surface area (Å²) in [7, 11) is 0. The van der Waals surface area contributed by atoms with Gasteiger partial charge in [-0.1, -0.05) is 26.0 Å². The van der Waals surface area contributed by atoms with Crippen LogP contribution in [0.2, 0.25) is 0 Å². The van der Waals surface area contributed by atoms with Crippen molar-refractivity contribution in [3.8, 4) is 5.69 Å². The molecule has 1 heterocycles. The van der Waals surface area contributed by atoms with Crippen LogP contribution in [0, 0.1) is 0 Å². The molecule has 1 aromatic carbocycles. The van der Waals surface area contributed by atoms with Crippen LogP contribution < -0.4 is 0 Å². The topological polar surface area (TPSA) is 25.2 Å². The van der Waals surface area contributed by atoms with Crippen LogP contribution in [0.3, 0.4) is 0 Å². The van der Waals surface area contributed by atoms with Gasteiger partial charge < -0.3 is 9.67 Å². The first-order valence-corrected chi connectivity index (χ1v) is 7.15. The summed E-state index contributed by atoms with van der Waals surface area (Å²) in [6.45, 7) is 4.43. The lowest BCUT2D eigenvalue weighted by atomic mass is 9.95. The van der Waals surface area contributed by atoms with Crippen LogP contribution in [-0.4, -0.2) is 9.67 Å². The Bertz CT molecular complexity index is 583. The number of aliphatic hydroxyl groups is 1. The normalized spacial score (nSPS) is 18.6. The van der Waals surface area contributed by atoms with Crippen molar-refractivity contribution in [1.29, 1.82) is 0 Å². The molecule has 0 radical (unpaired) electrons. The molecule has 0 spiro atoms. The van der Waals surface area contributed by atoms with Crippen molar-refractivity contribution < 1.29 is 5.11 Å². The van der Waals surface area contributed by atoms with Crippen LogP contribution in [0.25, 0.3) is 5.69 Å². The van der Waals surface area contributed by atoms with E-state index in [0.29, 0.717) is 5.92 Å². The number of rotatable bonds is 2. The molecule has 0 amide bonds. The van der Waals surface area contributed by atoms with Crippen LogP contribution >= 0.6 is 0 Å². The summed E-state index contributed by atoms with van der Waals surface area (Å²) >= 11 is 0. The predicted octanol–water partition coefficient (Wildman–Crippen LogP) is 3.97. The van der Waals surface area contributed by atoms with Gasteiger partial charge in [0.25, 0.3) is 0 Å². The molecule has 0 bridgehead atoms. The fourth-order valence-electron chi connectivity index (χ4n) is 2.94. The second kappa shape index (κ2) is 4.86. The molecule has 1 aliphatic rings. The van der Waals surface area contributed by atoms with Crippen molar-refractivity contribution in [3.05, 3.63) is 53.3 Å². The molecule has 0 saturated heterocycles. The summed E-state index contributed by atoms with van der Waals surface area (Å²) in [6, 6.07) is 10.8. The molecule has 3 rings (SSSR count). The van der Waals surface area contributed by atoms with Gasteiger partial charge in [0.1, 0.15) is 0 Å². The number of hydrogen-bond donors (Lipinski definition) is 1. The van der Waals surface area contributed by atoms with E-state index in [1.165, 1.54) is 16.9 Å². The maximum Gasteiger partial charge on any atom is 0.0807 e. The fraction of sp³-hybridized carbons (Fsp3) is 0.412. The third-order valence-corrected chi connectivity index (χ3v) is 4.09. The molecular formula is C17H21NO. The van der Waals surface area contributed by atoms with Gasteiger partial charge in [0, 0.05) is 23.1 Å². The predicted molar refractivity (Wildman–Crippen MR) is 77.8 cm³/mol. The average molecular weight is 255 g/mol. The molecule has 1 unspecified atom stereocenters.